The van der Waals surface area contributed by atoms with E-state index in [0.717, 1.165) is 0 Å². The SMILES string of the molecule is N#CC(C#N)=C(/C(=N/O)c1ccccc1)c1ccccc1. The van der Waals surface area contributed by atoms with Gasteiger partial charge in [-0.3, -0.25) is 0 Å². The maximum atomic E-state index is 9.39. The van der Waals surface area contributed by atoms with E-state index in [1.165, 1.54) is 0 Å². The molecule has 0 spiro atoms. The average Bonchev–Trinajstić information content (AvgIpc) is 2.57. The molecular formula is C17H11N3O. The molecule has 2 aromatic rings. The minimum absolute atomic E-state index is 0.0992. The maximum Gasteiger partial charge on any atom is 0.139 e. The Morgan fingerprint density at radius 1 is 0.810 bits per heavy atom. The Kier molecular flexibility index (Phi) is 4.48. The lowest BCUT2D eigenvalue weighted by molar-refractivity contribution is 0.320. The van der Waals surface area contributed by atoms with Crippen molar-refractivity contribution in [3.63, 3.8) is 0 Å². The summed E-state index contributed by atoms with van der Waals surface area (Å²) in [5.41, 5.74) is 1.68. The van der Waals surface area contributed by atoms with Gasteiger partial charge in [0, 0.05) is 11.1 Å². The zero-order valence-electron chi connectivity index (χ0n) is 11.1. The second-order valence-electron chi connectivity index (χ2n) is 4.15. The van der Waals surface area contributed by atoms with Gasteiger partial charge < -0.3 is 5.21 Å². The zero-order chi connectivity index (χ0) is 15.1. The molecule has 0 aromatic heterocycles. The number of nitrogens with zero attached hydrogens (tertiary/aromatic N) is 3. The van der Waals surface area contributed by atoms with Crippen LogP contribution in [0.25, 0.3) is 5.57 Å². The van der Waals surface area contributed by atoms with E-state index in [2.05, 4.69) is 5.16 Å². The fourth-order valence-corrected chi connectivity index (χ4v) is 1.99. The lowest BCUT2D eigenvalue weighted by atomic mass is 9.92. The molecule has 0 aliphatic heterocycles. The van der Waals surface area contributed by atoms with Crippen LogP contribution < -0.4 is 0 Å². The maximum absolute atomic E-state index is 9.39. The van der Waals surface area contributed by atoms with E-state index in [4.69, 9.17) is 0 Å². The number of allylic oxidation sites excluding steroid dienone is 2. The van der Waals surface area contributed by atoms with Crippen molar-refractivity contribution in [2.24, 2.45) is 5.16 Å². The van der Waals surface area contributed by atoms with Crippen molar-refractivity contribution in [2.45, 2.75) is 0 Å². The molecule has 1 N–H and O–H groups in total. The first kappa shape index (κ1) is 14.0. The second-order valence-corrected chi connectivity index (χ2v) is 4.15. The Morgan fingerprint density at radius 3 is 1.71 bits per heavy atom. The van der Waals surface area contributed by atoms with Crippen molar-refractivity contribution in [1.82, 2.24) is 0 Å². The van der Waals surface area contributed by atoms with E-state index in [-0.39, 0.29) is 11.3 Å². The number of nitriles is 2. The van der Waals surface area contributed by atoms with Gasteiger partial charge in [-0.05, 0) is 5.56 Å². The van der Waals surface area contributed by atoms with E-state index in [9.17, 15) is 15.7 Å². The number of benzene rings is 2. The zero-order valence-corrected chi connectivity index (χ0v) is 11.1. The fraction of sp³-hybridized carbons (Fsp3) is 0. The minimum atomic E-state index is -0.0992. The third-order valence-electron chi connectivity index (χ3n) is 2.92. The van der Waals surface area contributed by atoms with E-state index >= 15 is 0 Å². The largest absolute Gasteiger partial charge is 0.410 e. The molecule has 0 aliphatic carbocycles. The van der Waals surface area contributed by atoms with Gasteiger partial charge >= 0.3 is 0 Å². The number of hydrogen-bond donors (Lipinski definition) is 1. The summed E-state index contributed by atoms with van der Waals surface area (Å²) in [7, 11) is 0. The third-order valence-corrected chi connectivity index (χ3v) is 2.92. The lowest BCUT2D eigenvalue weighted by Gasteiger charge is -2.10. The van der Waals surface area contributed by atoms with Gasteiger partial charge in [0.25, 0.3) is 0 Å². The van der Waals surface area contributed by atoms with Gasteiger partial charge in [0.2, 0.25) is 0 Å². The molecule has 0 heterocycles. The first-order valence-electron chi connectivity index (χ1n) is 6.19. The van der Waals surface area contributed by atoms with Crippen LogP contribution in [0.15, 0.2) is 71.4 Å². The normalized spacial score (nSPS) is 10.3. The molecule has 0 radical (unpaired) electrons. The van der Waals surface area contributed by atoms with Crippen LogP contribution in [0.5, 0.6) is 0 Å². The molecule has 0 saturated heterocycles. The minimum Gasteiger partial charge on any atom is -0.410 e. The lowest BCUT2D eigenvalue weighted by Crippen LogP contribution is -2.07. The van der Waals surface area contributed by atoms with Gasteiger partial charge in [-0.15, -0.1) is 0 Å². The standard InChI is InChI=1S/C17H11N3O/c18-11-15(12-19)16(13-7-3-1-4-8-13)17(20-21)14-9-5-2-6-10-14/h1-10,21H/b20-17+. The molecule has 4 nitrogen and oxygen atoms in total. The summed E-state index contributed by atoms with van der Waals surface area (Å²) in [6.45, 7) is 0. The summed E-state index contributed by atoms with van der Waals surface area (Å²) in [6.07, 6.45) is 0. The van der Waals surface area contributed by atoms with Crippen LogP contribution in [0.4, 0.5) is 0 Å². The van der Waals surface area contributed by atoms with Gasteiger partial charge in [-0.1, -0.05) is 65.8 Å². The summed E-state index contributed by atoms with van der Waals surface area (Å²) in [5.74, 6) is 0. The van der Waals surface area contributed by atoms with Crippen LogP contribution in [0.2, 0.25) is 0 Å². The molecule has 0 saturated carbocycles. The van der Waals surface area contributed by atoms with E-state index < -0.39 is 0 Å². The molecule has 0 atom stereocenters. The Hall–Kier alpha value is -3.37. The molecule has 21 heavy (non-hydrogen) atoms. The highest BCUT2D eigenvalue weighted by Crippen LogP contribution is 2.24. The van der Waals surface area contributed by atoms with Gasteiger partial charge in [-0.2, -0.15) is 10.5 Å². The molecule has 0 amide bonds. The molecule has 2 aromatic carbocycles. The van der Waals surface area contributed by atoms with Crippen molar-refractivity contribution in [1.29, 1.82) is 10.5 Å². The third kappa shape index (κ3) is 2.97. The van der Waals surface area contributed by atoms with Crippen molar-refractivity contribution in [3.8, 4) is 12.1 Å². The number of rotatable bonds is 3. The summed E-state index contributed by atoms with van der Waals surface area (Å²) in [4.78, 5) is 0. The molecule has 0 bridgehead atoms. The highest BCUT2D eigenvalue weighted by Gasteiger charge is 2.18. The number of hydrogen-bond acceptors (Lipinski definition) is 4. The Morgan fingerprint density at radius 2 is 1.29 bits per heavy atom. The molecule has 0 fully saturated rings. The molecular weight excluding hydrogens is 262 g/mol. The van der Waals surface area contributed by atoms with E-state index in [0.29, 0.717) is 16.7 Å². The monoisotopic (exact) mass is 273 g/mol. The second kappa shape index (κ2) is 6.70. The van der Waals surface area contributed by atoms with Gasteiger partial charge in [0.05, 0.1) is 0 Å². The first-order chi connectivity index (χ1) is 10.3. The van der Waals surface area contributed by atoms with E-state index in [1.54, 1.807) is 48.5 Å². The van der Waals surface area contributed by atoms with Crippen LogP contribution >= 0.6 is 0 Å². The fourth-order valence-electron chi connectivity index (χ4n) is 1.99. The molecule has 0 aliphatic rings. The van der Waals surface area contributed by atoms with Crippen LogP contribution in [0, 0.1) is 22.7 Å². The average molecular weight is 273 g/mol. The topological polar surface area (TPSA) is 80.2 Å². The van der Waals surface area contributed by atoms with Crippen LogP contribution in [-0.2, 0) is 0 Å². The van der Waals surface area contributed by atoms with Gasteiger partial charge in [-0.25, -0.2) is 0 Å². The summed E-state index contributed by atoms with van der Waals surface area (Å²) in [5, 5.41) is 31.1. The predicted molar refractivity (Wildman–Crippen MR) is 79.4 cm³/mol. The van der Waals surface area contributed by atoms with Crippen LogP contribution in [0.1, 0.15) is 11.1 Å². The van der Waals surface area contributed by atoms with Crippen molar-refractivity contribution >= 4 is 11.3 Å². The van der Waals surface area contributed by atoms with Crippen LogP contribution in [0.3, 0.4) is 0 Å². The van der Waals surface area contributed by atoms with Gasteiger partial charge in [0.1, 0.15) is 23.4 Å². The predicted octanol–water partition coefficient (Wildman–Crippen LogP) is 3.37. The quantitative estimate of drug-likeness (QED) is 0.403. The highest BCUT2D eigenvalue weighted by molar-refractivity contribution is 6.33. The van der Waals surface area contributed by atoms with Crippen LogP contribution in [-0.4, -0.2) is 10.9 Å². The Bertz CT molecular complexity index is 747. The van der Waals surface area contributed by atoms with E-state index in [1.807, 2.05) is 24.3 Å². The molecule has 2 rings (SSSR count). The van der Waals surface area contributed by atoms with Gasteiger partial charge in [0.15, 0.2) is 0 Å². The Labute approximate surface area is 122 Å². The molecule has 0 unspecified atom stereocenters. The van der Waals surface area contributed by atoms with Crippen molar-refractivity contribution in [2.75, 3.05) is 0 Å². The summed E-state index contributed by atoms with van der Waals surface area (Å²) >= 11 is 0. The van der Waals surface area contributed by atoms with Crippen molar-refractivity contribution < 1.29 is 5.21 Å². The summed E-state index contributed by atoms with van der Waals surface area (Å²) < 4.78 is 0. The highest BCUT2D eigenvalue weighted by atomic mass is 16.4. The summed E-state index contributed by atoms with van der Waals surface area (Å²) in [6, 6.07) is 21.6. The van der Waals surface area contributed by atoms with Crippen molar-refractivity contribution in [3.05, 3.63) is 77.4 Å². The molecule has 100 valence electrons. The smallest absolute Gasteiger partial charge is 0.139 e. The first-order valence-corrected chi connectivity index (χ1v) is 6.19. The molecule has 4 heteroatoms. The Balaban J connectivity index is 2.71. The number of oxime groups is 1.